The van der Waals surface area contributed by atoms with E-state index in [-0.39, 0.29) is 11.5 Å². The van der Waals surface area contributed by atoms with Crippen molar-refractivity contribution in [2.24, 2.45) is 0 Å². The van der Waals surface area contributed by atoms with E-state index in [1.807, 2.05) is 170 Å². The van der Waals surface area contributed by atoms with Crippen LogP contribution in [0, 0.1) is 23.3 Å². The van der Waals surface area contributed by atoms with E-state index >= 15 is 8.78 Å². The fourth-order valence-corrected chi connectivity index (χ4v) is 22.2. The third kappa shape index (κ3) is 17.3. The summed E-state index contributed by atoms with van der Waals surface area (Å²) in [4.78, 5) is 6.02. The van der Waals surface area contributed by atoms with Crippen molar-refractivity contribution in [2.75, 3.05) is 14.7 Å². The summed E-state index contributed by atoms with van der Waals surface area (Å²) >= 11 is 0. The molecule has 0 spiro atoms. The minimum absolute atomic E-state index is 0.261. The molecule has 0 atom stereocenters. The molecule has 0 amide bonds. The number of hydrogen-bond acceptors (Lipinski definition) is 6. The van der Waals surface area contributed by atoms with Crippen LogP contribution in [0.25, 0.3) is 183 Å². The van der Waals surface area contributed by atoms with Gasteiger partial charge in [-0.3, -0.25) is 0 Å². The van der Waals surface area contributed by atoms with Crippen molar-refractivity contribution in [3.63, 3.8) is 0 Å². The number of anilines is 9. The Labute approximate surface area is 859 Å². The Hall–Kier alpha value is -19.0. The molecular formula is C135H94F4N6O3Si. The molecule has 714 valence electrons. The lowest BCUT2D eigenvalue weighted by Crippen LogP contribution is -2.37. The molecule has 0 N–H and O–H groups in total. The molecule has 0 aliphatic rings. The first-order chi connectivity index (χ1) is 73.2. The maximum Gasteiger partial charge on any atom is 0.161 e. The maximum absolute atomic E-state index is 15.4. The molecule has 0 aliphatic carbocycles. The van der Waals surface area contributed by atoms with Gasteiger partial charge in [0.1, 0.15) is 50.6 Å². The van der Waals surface area contributed by atoms with Gasteiger partial charge in [0, 0.05) is 107 Å². The monoisotopic (exact) mass is 1950 g/mol. The van der Waals surface area contributed by atoms with E-state index in [0.29, 0.717) is 23.5 Å². The van der Waals surface area contributed by atoms with Crippen LogP contribution in [0.4, 0.5) is 68.7 Å². The molecule has 0 fully saturated rings. The Morgan fingerprint density at radius 1 is 0.195 bits per heavy atom. The molecule has 9 nitrogen and oxygen atoms in total. The second-order valence-corrected chi connectivity index (χ2v) is 43.5. The summed E-state index contributed by atoms with van der Waals surface area (Å²) < 4.78 is 84.9. The van der Waals surface area contributed by atoms with Crippen LogP contribution in [-0.4, -0.2) is 21.8 Å². The highest BCUT2D eigenvalue weighted by molar-refractivity contribution is 6.88. The number of hydrogen-bond donors (Lipinski definition) is 0. The van der Waals surface area contributed by atoms with Gasteiger partial charge in [0.15, 0.2) is 28.4 Å². The van der Waals surface area contributed by atoms with Gasteiger partial charge >= 0.3 is 0 Å². The van der Waals surface area contributed by atoms with Crippen LogP contribution in [-0.2, 0) is 0 Å². The molecule has 0 radical (unpaired) electrons. The molecule has 0 aliphatic heterocycles. The molecular weight excluding hydrogens is 1860 g/mol. The average molecular weight is 1950 g/mol. The average Bonchev–Trinajstić information content (AvgIpc) is 1.57. The predicted octanol–water partition coefficient (Wildman–Crippen LogP) is 38.1. The Morgan fingerprint density at radius 2 is 0.436 bits per heavy atom. The van der Waals surface area contributed by atoms with Gasteiger partial charge in [-0.15, -0.1) is 0 Å². The standard InChI is InChI=1S/C47H38N2OSi.C44H27F3N2O.C44H29FN2O/c1-51(2,3)41-30-28-38(29-31-41)48(37-24-20-34(21-25-37)33-12-5-4-6-13-33)40-15-11-14-36(32-40)35-22-26-39(27-23-35)49-44-18-9-7-16-42(44)47-46(49)43-17-8-10-19-45(43)50-47;45-32-26-38(46)43(39(47)27-32)48(33-21-17-29(18-22-33)28-9-2-1-3-10-28)35-12-8-11-31(25-35)30-19-23-34(24-20-30)49-40-15-6-4-13-36(40)44-42(49)37-14-5-7-16-41(37)50-44;45-34-21-27-36(28-22-34)46(35-23-17-31(18-24-35)30-9-2-1-3-10-30)38-12-8-11-33(29-38)32-19-25-37(26-20-32)47-41-15-6-4-13-39(41)44-43(47)40-14-5-7-16-42(40)48-44/h4-32H,1-3H3;1-27H;1-29H. The van der Waals surface area contributed by atoms with E-state index in [2.05, 4.69) is 359 Å². The number of aromatic nitrogens is 3. The summed E-state index contributed by atoms with van der Waals surface area (Å²) in [5.41, 5.74) is 34.9. The number of benzene rings is 21. The number of nitrogens with zero attached hydrogens (tertiary/aromatic N) is 6. The van der Waals surface area contributed by atoms with Crippen LogP contribution < -0.4 is 19.9 Å². The number of fused-ring (bicyclic) bond motifs is 15. The van der Waals surface area contributed by atoms with Crippen molar-refractivity contribution in [3.05, 3.63) is 539 Å². The number of furan rings is 3. The van der Waals surface area contributed by atoms with Crippen molar-refractivity contribution in [3.8, 4) is 83.8 Å². The van der Waals surface area contributed by atoms with E-state index in [1.54, 1.807) is 6.07 Å². The van der Waals surface area contributed by atoms with Crippen LogP contribution in [0.2, 0.25) is 19.6 Å². The van der Waals surface area contributed by atoms with Crippen LogP contribution in [0.1, 0.15) is 0 Å². The minimum atomic E-state index is -1.44. The van der Waals surface area contributed by atoms with Crippen LogP contribution in [0.5, 0.6) is 0 Å². The summed E-state index contributed by atoms with van der Waals surface area (Å²) in [7, 11) is -1.44. The summed E-state index contributed by atoms with van der Waals surface area (Å²) in [5.74, 6) is -3.24. The highest BCUT2D eigenvalue weighted by Gasteiger charge is 2.28. The van der Waals surface area contributed by atoms with Crippen molar-refractivity contribution >= 4 is 163 Å². The first-order valence-electron chi connectivity index (χ1n) is 49.9. The van der Waals surface area contributed by atoms with Crippen LogP contribution in [0.15, 0.2) is 529 Å². The van der Waals surface area contributed by atoms with Crippen molar-refractivity contribution in [1.82, 2.24) is 13.7 Å². The molecule has 27 aromatic rings. The SMILES string of the molecule is C[Si](C)(C)c1ccc(N(c2ccc(-c3ccccc3)cc2)c2cccc(-c3ccc(-n4c5ccccc5c5oc6ccccc6c54)cc3)c2)cc1.Fc1cc(F)c(N(c2ccc(-c3ccccc3)cc2)c2cccc(-c3ccc(-n4c5ccccc5c5oc6ccccc6c54)cc3)c2)c(F)c1.Fc1ccc(N(c2ccc(-c3ccccc3)cc2)c2cccc(-c3ccc(-n4c5ccccc5c5oc6ccccc6c54)cc3)c2)cc1. The Morgan fingerprint density at radius 3 is 0.752 bits per heavy atom. The van der Waals surface area contributed by atoms with Gasteiger partial charge in [-0.2, -0.15) is 0 Å². The fraction of sp³-hybridized carbons (Fsp3) is 0.0222. The van der Waals surface area contributed by atoms with E-state index in [4.69, 9.17) is 13.3 Å². The van der Waals surface area contributed by atoms with Gasteiger partial charge in [0.25, 0.3) is 0 Å². The van der Waals surface area contributed by atoms with Gasteiger partial charge in [-0.25, -0.2) is 17.6 Å². The zero-order chi connectivity index (χ0) is 100. The molecule has 14 heteroatoms. The van der Waals surface area contributed by atoms with Crippen LogP contribution >= 0.6 is 0 Å². The first kappa shape index (κ1) is 91.2. The number of rotatable bonds is 19. The van der Waals surface area contributed by atoms with Crippen LogP contribution in [0.3, 0.4) is 0 Å². The summed E-state index contributed by atoms with van der Waals surface area (Å²) in [5, 5.41) is 7.96. The second kappa shape index (κ2) is 38.6. The molecule has 0 saturated carbocycles. The highest BCUT2D eigenvalue weighted by atomic mass is 28.3. The first-order valence-corrected chi connectivity index (χ1v) is 53.4. The summed E-state index contributed by atoms with van der Waals surface area (Å²) in [6.07, 6.45) is 0. The molecule has 0 bridgehead atoms. The highest BCUT2D eigenvalue weighted by Crippen LogP contribution is 2.48. The smallest absolute Gasteiger partial charge is 0.161 e. The normalized spacial score (nSPS) is 11.6. The van der Waals surface area contributed by atoms with Gasteiger partial charge < -0.3 is 41.7 Å². The zero-order valence-corrected chi connectivity index (χ0v) is 82.5. The van der Waals surface area contributed by atoms with Gasteiger partial charge in [-0.05, 0) is 285 Å². The van der Waals surface area contributed by atoms with E-state index in [9.17, 15) is 8.78 Å². The van der Waals surface area contributed by atoms with Crippen molar-refractivity contribution in [1.29, 1.82) is 0 Å². The Balaban J connectivity index is 0.000000116. The van der Waals surface area contributed by atoms with E-state index < -0.39 is 25.5 Å². The molecule has 0 unspecified atom stereocenters. The lowest BCUT2D eigenvalue weighted by Gasteiger charge is -2.27. The number of para-hydroxylation sites is 6. The topological polar surface area (TPSA) is 63.9 Å². The van der Waals surface area contributed by atoms with E-state index in [1.165, 1.54) is 44.5 Å². The molecule has 6 heterocycles. The summed E-state index contributed by atoms with van der Waals surface area (Å²) in [6, 6.07) is 173. The molecule has 0 saturated heterocycles. The second-order valence-electron chi connectivity index (χ2n) is 38.4. The van der Waals surface area contributed by atoms with E-state index in [0.717, 1.165) is 195 Å². The molecule has 149 heavy (non-hydrogen) atoms. The molecule has 21 aromatic carbocycles. The lowest BCUT2D eigenvalue weighted by atomic mass is 10.0. The zero-order valence-electron chi connectivity index (χ0n) is 81.5. The Kier molecular flexibility index (Phi) is 23.6. The number of halogens is 4. The van der Waals surface area contributed by atoms with Crippen molar-refractivity contribution in [2.45, 2.75) is 19.6 Å². The van der Waals surface area contributed by atoms with Gasteiger partial charge in [0.2, 0.25) is 0 Å². The van der Waals surface area contributed by atoms with Gasteiger partial charge in [-0.1, -0.05) is 310 Å². The predicted molar refractivity (Wildman–Crippen MR) is 611 cm³/mol. The third-order valence-corrected chi connectivity index (χ3v) is 30.3. The fourth-order valence-electron chi connectivity index (χ4n) is 21.0. The largest absolute Gasteiger partial charge is 0.454 e. The quantitative estimate of drug-likeness (QED) is 0.0594. The summed E-state index contributed by atoms with van der Waals surface area (Å²) in [6.45, 7) is 7.20. The molecule has 6 aromatic heterocycles. The third-order valence-electron chi connectivity index (χ3n) is 28.2. The lowest BCUT2D eigenvalue weighted by molar-refractivity contribution is 0.545. The minimum Gasteiger partial charge on any atom is -0.454 e. The Bertz CT molecular complexity index is 9600. The van der Waals surface area contributed by atoms with Crippen molar-refractivity contribution < 1.29 is 30.8 Å². The maximum atomic E-state index is 15.4. The van der Waals surface area contributed by atoms with Gasteiger partial charge in [0.05, 0.1) is 24.6 Å². The molecule has 27 rings (SSSR count).